The first kappa shape index (κ1) is 21.7. The lowest BCUT2D eigenvalue weighted by atomic mass is 10.0. The van der Waals surface area contributed by atoms with Gasteiger partial charge in [-0.15, -0.1) is 11.3 Å². The molecule has 6 nitrogen and oxygen atoms in total. The van der Waals surface area contributed by atoms with E-state index in [4.69, 9.17) is 9.47 Å². The van der Waals surface area contributed by atoms with E-state index < -0.39 is 23.3 Å². The number of thiophene rings is 1. The molecule has 32 heavy (non-hydrogen) atoms. The lowest BCUT2D eigenvalue weighted by Crippen LogP contribution is -2.27. The molecule has 0 atom stereocenters. The van der Waals surface area contributed by atoms with E-state index >= 15 is 0 Å². The molecule has 0 aliphatic rings. The van der Waals surface area contributed by atoms with Gasteiger partial charge in [0.1, 0.15) is 11.2 Å². The zero-order valence-electron chi connectivity index (χ0n) is 18.0. The number of pyridine rings is 1. The number of aromatic nitrogens is 2. The van der Waals surface area contributed by atoms with Crippen molar-refractivity contribution in [1.82, 2.24) is 9.55 Å². The molecule has 0 bridgehead atoms. The first-order valence-electron chi connectivity index (χ1n) is 9.85. The molecule has 4 rings (SSSR count). The maximum Gasteiger partial charge on any atom is 0.420 e. The molecule has 0 saturated carbocycles. The molecule has 164 valence electrons. The van der Waals surface area contributed by atoms with Crippen molar-refractivity contribution in [2.75, 3.05) is 7.11 Å². The fourth-order valence-corrected chi connectivity index (χ4v) is 4.01. The van der Waals surface area contributed by atoms with Crippen LogP contribution in [0.1, 0.15) is 36.7 Å². The molecular weight excluding hydrogens is 431 g/mol. The van der Waals surface area contributed by atoms with E-state index in [9.17, 15) is 14.0 Å². The van der Waals surface area contributed by atoms with Gasteiger partial charge in [-0.2, -0.15) is 0 Å². The summed E-state index contributed by atoms with van der Waals surface area (Å²) in [6.45, 7) is 5.24. The maximum absolute atomic E-state index is 14.8. The number of nitrogens with zero attached hydrogens (tertiary/aromatic N) is 2. The van der Waals surface area contributed by atoms with Crippen LogP contribution in [-0.4, -0.2) is 34.1 Å². The van der Waals surface area contributed by atoms with Crippen molar-refractivity contribution < 1.29 is 23.5 Å². The maximum atomic E-state index is 14.8. The van der Waals surface area contributed by atoms with Gasteiger partial charge < -0.3 is 9.47 Å². The SMILES string of the molecule is COc1cccc(C(=O)c2cn(C(=O)OC(C)(C)C)c3ncc(-c4cccs4)cc23)c1F. The number of hydrogen-bond acceptors (Lipinski definition) is 6. The molecule has 4 aromatic rings. The number of hydrogen-bond donors (Lipinski definition) is 0. The Morgan fingerprint density at radius 1 is 1.12 bits per heavy atom. The van der Waals surface area contributed by atoms with Gasteiger partial charge in [-0.25, -0.2) is 18.7 Å². The molecule has 0 radical (unpaired) electrons. The van der Waals surface area contributed by atoms with Gasteiger partial charge in [-0.3, -0.25) is 4.79 Å². The van der Waals surface area contributed by atoms with E-state index in [1.807, 2.05) is 17.5 Å². The van der Waals surface area contributed by atoms with E-state index in [1.54, 1.807) is 33.0 Å². The van der Waals surface area contributed by atoms with Crippen molar-refractivity contribution in [1.29, 1.82) is 0 Å². The molecule has 3 aromatic heterocycles. The molecule has 0 spiro atoms. The molecule has 0 aliphatic carbocycles. The lowest BCUT2D eigenvalue weighted by molar-refractivity contribution is 0.0543. The molecule has 1 aromatic carbocycles. The number of ether oxygens (including phenoxy) is 2. The Labute approximate surface area is 188 Å². The second kappa shape index (κ2) is 8.20. The van der Waals surface area contributed by atoms with Crippen molar-refractivity contribution in [2.45, 2.75) is 26.4 Å². The standard InChI is InChI=1S/C24H21FN2O4S/c1-24(2,3)31-23(29)27-13-17(21(28)15-7-5-8-18(30-4)20(15)25)16-11-14(12-26-22(16)27)19-9-6-10-32-19/h5-13H,1-4H3. The van der Waals surface area contributed by atoms with E-state index in [0.717, 1.165) is 10.4 Å². The summed E-state index contributed by atoms with van der Waals surface area (Å²) in [7, 11) is 1.33. The van der Waals surface area contributed by atoms with Crippen molar-refractivity contribution in [3.63, 3.8) is 0 Å². The Hall–Kier alpha value is -3.52. The molecule has 3 heterocycles. The highest BCUT2D eigenvalue weighted by Crippen LogP contribution is 2.31. The summed E-state index contributed by atoms with van der Waals surface area (Å²) in [5.74, 6) is -1.39. The summed E-state index contributed by atoms with van der Waals surface area (Å²) in [5, 5.41) is 2.36. The summed E-state index contributed by atoms with van der Waals surface area (Å²) < 4.78 is 26.5. The highest BCUT2D eigenvalue weighted by atomic mass is 32.1. The van der Waals surface area contributed by atoms with Crippen LogP contribution in [-0.2, 0) is 4.74 Å². The van der Waals surface area contributed by atoms with Crippen molar-refractivity contribution in [3.05, 3.63) is 71.1 Å². The quantitative estimate of drug-likeness (QED) is 0.359. The molecule has 0 amide bonds. The van der Waals surface area contributed by atoms with Gasteiger partial charge in [-0.05, 0) is 50.4 Å². The summed E-state index contributed by atoms with van der Waals surface area (Å²) in [6, 6.07) is 9.98. The van der Waals surface area contributed by atoms with Crippen LogP contribution in [0.25, 0.3) is 21.5 Å². The summed E-state index contributed by atoms with van der Waals surface area (Å²) >= 11 is 1.52. The van der Waals surface area contributed by atoms with Crippen LogP contribution in [0.2, 0.25) is 0 Å². The number of methoxy groups -OCH3 is 1. The predicted octanol–water partition coefficient (Wildman–Crippen LogP) is 5.93. The van der Waals surface area contributed by atoms with Crippen LogP contribution in [0.4, 0.5) is 9.18 Å². The monoisotopic (exact) mass is 452 g/mol. The van der Waals surface area contributed by atoms with Gasteiger partial charge in [0, 0.05) is 28.2 Å². The third-order valence-corrected chi connectivity index (χ3v) is 5.63. The Balaban J connectivity index is 1.91. The van der Waals surface area contributed by atoms with E-state index in [0.29, 0.717) is 5.39 Å². The third kappa shape index (κ3) is 4.01. The minimum absolute atomic E-state index is 0.0378. The van der Waals surface area contributed by atoms with Gasteiger partial charge in [-0.1, -0.05) is 12.1 Å². The number of fused-ring (bicyclic) bond motifs is 1. The Morgan fingerprint density at radius 2 is 1.91 bits per heavy atom. The predicted molar refractivity (Wildman–Crippen MR) is 121 cm³/mol. The number of carbonyl (C=O) groups is 2. The van der Waals surface area contributed by atoms with Crippen LogP contribution in [0.5, 0.6) is 5.75 Å². The number of ketones is 1. The van der Waals surface area contributed by atoms with Gasteiger partial charge in [0.05, 0.1) is 18.2 Å². The van der Waals surface area contributed by atoms with Crippen molar-refractivity contribution in [3.8, 4) is 16.2 Å². The van der Waals surface area contributed by atoms with Gasteiger partial charge in [0.25, 0.3) is 0 Å². The van der Waals surface area contributed by atoms with Crippen LogP contribution in [0.3, 0.4) is 0 Å². The number of benzene rings is 1. The average Bonchev–Trinajstić information content (AvgIpc) is 3.40. The molecule has 8 heteroatoms. The zero-order chi connectivity index (χ0) is 23.0. The first-order valence-corrected chi connectivity index (χ1v) is 10.7. The largest absolute Gasteiger partial charge is 0.494 e. The molecule has 0 fully saturated rings. The van der Waals surface area contributed by atoms with Gasteiger partial charge in [0.15, 0.2) is 17.3 Å². The molecule has 0 N–H and O–H groups in total. The summed E-state index contributed by atoms with van der Waals surface area (Å²) in [5.41, 5.74) is 0.284. The first-order chi connectivity index (χ1) is 15.2. The number of halogens is 1. The topological polar surface area (TPSA) is 70.4 Å². The number of rotatable bonds is 4. The van der Waals surface area contributed by atoms with Crippen LogP contribution >= 0.6 is 11.3 Å². The van der Waals surface area contributed by atoms with Crippen molar-refractivity contribution in [2.24, 2.45) is 0 Å². The highest BCUT2D eigenvalue weighted by Gasteiger charge is 2.26. The molecule has 0 saturated heterocycles. The zero-order valence-corrected chi connectivity index (χ0v) is 18.8. The smallest absolute Gasteiger partial charge is 0.420 e. The summed E-state index contributed by atoms with van der Waals surface area (Å²) in [6.07, 6.45) is 2.31. The second-order valence-corrected chi connectivity index (χ2v) is 9.06. The second-order valence-electron chi connectivity index (χ2n) is 8.12. The Bertz CT molecular complexity index is 1320. The minimum Gasteiger partial charge on any atom is -0.494 e. The Morgan fingerprint density at radius 3 is 2.56 bits per heavy atom. The highest BCUT2D eigenvalue weighted by molar-refractivity contribution is 7.13. The van der Waals surface area contributed by atoms with Gasteiger partial charge >= 0.3 is 6.09 Å². The van der Waals surface area contributed by atoms with E-state index in [-0.39, 0.29) is 22.5 Å². The minimum atomic E-state index is -0.763. The number of carbonyl (C=O) groups excluding carboxylic acids is 2. The lowest BCUT2D eigenvalue weighted by Gasteiger charge is -2.19. The van der Waals surface area contributed by atoms with Crippen LogP contribution in [0, 0.1) is 5.82 Å². The molecular formula is C24H21FN2O4S. The van der Waals surface area contributed by atoms with Crippen LogP contribution in [0.15, 0.2) is 54.2 Å². The Kier molecular flexibility index (Phi) is 5.56. The molecule has 0 unspecified atom stereocenters. The molecule has 0 aliphatic heterocycles. The van der Waals surface area contributed by atoms with E-state index in [2.05, 4.69) is 4.98 Å². The fourth-order valence-electron chi connectivity index (χ4n) is 3.31. The van der Waals surface area contributed by atoms with Gasteiger partial charge in [0.2, 0.25) is 0 Å². The van der Waals surface area contributed by atoms with Crippen LogP contribution < -0.4 is 4.74 Å². The normalized spacial score (nSPS) is 11.5. The fraction of sp³-hybridized carbons (Fsp3) is 0.208. The average molecular weight is 453 g/mol. The van der Waals surface area contributed by atoms with Crippen molar-refractivity contribution >= 4 is 34.2 Å². The summed E-state index contributed by atoms with van der Waals surface area (Å²) in [4.78, 5) is 31.6. The third-order valence-electron chi connectivity index (χ3n) is 4.71. The van der Waals surface area contributed by atoms with E-state index in [1.165, 1.54) is 47.4 Å².